The van der Waals surface area contributed by atoms with Crippen molar-refractivity contribution < 1.29 is 9.59 Å². The smallest absolute Gasteiger partial charge is 0.258 e. The molecular formula is C20H17ClN4O2S. The van der Waals surface area contributed by atoms with E-state index in [-0.39, 0.29) is 11.8 Å². The topological polar surface area (TPSA) is 74.1 Å². The first-order valence-electron chi connectivity index (χ1n) is 8.77. The number of para-hydroxylation sites is 2. The van der Waals surface area contributed by atoms with Gasteiger partial charge in [0.1, 0.15) is 11.9 Å². The minimum absolute atomic E-state index is 0.144. The fourth-order valence-corrected chi connectivity index (χ4v) is 4.06. The third kappa shape index (κ3) is 3.31. The van der Waals surface area contributed by atoms with E-state index in [0.29, 0.717) is 21.7 Å². The Bertz CT molecular complexity index is 1040. The van der Waals surface area contributed by atoms with Gasteiger partial charge in [0.2, 0.25) is 5.91 Å². The summed E-state index contributed by atoms with van der Waals surface area (Å²) in [5, 5.41) is 3.24. The Kier molecular flexibility index (Phi) is 4.95. The number of hydrogen-bond donors (Lipinski definition) is 1. The first-order valence-corrected chi connectivity index (χ1v) is 10.0. The lowest BCUT2D eigenvalue weighted by atomic mass is 10.1. The molecule has 2 aliphatic heterocycles. The van der Waals surface area contributed by atoms with Gasteiger partial charge in [0.15, 0.2) is 5.17 Å². The summed E-state index contributed by atoms with van der Waals surface area (Å²) < 4.78 is 0. The average molecular weight is 413 g/mol. The molecule has 2 amide bonds. The van der Waals surface area contributed by atoms with Gasteiger partial charge in [-0.1, -0.05) is 47.6 Å². The number of nitrogens with zero attached hydrogens (tertiary/aromatic N) is 3. The number of aliphatic imine (C=N–C) groups is 2. The Morgan fingerprint density at radius 3 is 2.71 bits per heavy atom. The number of fused-ring (bicyclic) bond motifs is 3. The minimum Gasteiger partial charge on any atom is -0.324 e. The molecule has 2 atom stereocenters. The van der Waals surface area contributed by atoms with E-state index in [9.17, 15) is 9.59 Å². The molecule has 4 rings (SSSR count). The van der Waals surface area contributed by atoms with Gasteiger partial charge in [-0.2, -0.15) is 0 Å². The predicted molar refractivity (Wildman–Crippen MR) is 114 cm³/mol. The Hall–Kier alpha value is -2.64. The lowest BCUT2D eigenvalue weighted by Crippen LogP contribution is -2.41. The number of rotatable bonds is 3. The van der Waals surface area contributed by atoms with Crippen LogP contribution >= 0.6 is 23.4 Å². The highest BCUT2D eigenvalue weighted by molar-refractivity contribution is 8.15. The quantitative estimate of drug-likeness (QED) is 0.825. The Labute approximate surface area is 171 Å². The molecule has 0 saturated heterocycles. The van der Waals surface area contributed by atoms with Crippen molar-refractivity contribution in [3.8, 4) is 0 Å². The summed E-state index contributed by atoms with van der Waals surface area (Å²) in [6, 6.07) is 14.1. The maximum absolute atomic E-state index is 12.6. The highest BCUT2D eigenvalue weighted by Crippen LogP contribution is 2.34. The normalized spacial score (nSPS) is 18.8. The predicted octanol–water partition coefficient (Wildman–Crippen LogP) is 4.08. The molecule has 8 heteroatoms. The Morgan fingerprint density at radius 2 is 1.93 bits per heavy atom. The van der Waals surface area contributed by atoms with Gasteiger partial charge in [0.25, 0.3) is 5.91 Å². The van der Waals surface area contributed by atoms with Crippen molar-refractivity contribution in [1.29, 1.82) is 0 Å². The summed E-state index contributed by atoms with van der Waals surface area (Å²) in [7, 11) is 0. The number of thioether (sulfide) groups is 1. The number of nitrogens with one attached hydrogen (secondary N) is 1. The number of halogens is 1. The van der Waals surface area contributed by atoms with Crippen LogP contribution in [0.3, 0.4) is 0 Å². The van der Waals surface area contributed by atoms with Crippen molar-refractivity contribution in [3.05, 3.63) is 59.1 Å². The first kappa shape index (κ1) is 18.7. The molecule has 0 saturated carbocycles. The SMILES string of the molecule is CC1N=C2c3ccccc3N=C(SC(C)C(=O)Nc3ccccc3Cl)N2C1=O. The van der Waals surface area contributed by atoms with Crippen molar-refractivity contribution >= 4 is 57.6 Å². The van der Waals surface area contributed by atoms with Gasteiger partial charge in [-0.3, -0.25) is 14.6 Å². The fraction of sp³-hybridized carbons (Fsp3) is 0.200. The molecule has 2 aromatic carbocycles. The molecule has 2 aromatic rings. The van der Waals surface area contributed by atoms with E-state index >= 15 is 0 Å². The summed E-state index contributed by atoms with van der Waals surface area (Å²) in [5.41, 5.74) is 2.10. The number of carbonyl (C=O) groups excluding carboxylic acids is 2. The molecule has 6 nitrogen and oxygen atoms in total. The molecule has 142 valence electrons. The monoisotopic (exact) mass is 412 g/mol. The summed E-state index contributed by atoms with van der Waals surface area (Å²) in [4.78, 5) is 35.9. The minimum atomic E-state index is -0.495. The molecule has 0 fully saturated rings. The third-order valence-corrected chi connectivity index (χ3v) is 5.82. The fourth-order valence-electron chi connectivity index (χ4n) is 2.96. The average Bonchev–Trinajstić information content (AvgIpc) is 2.99. The van der Waals surface area contributed by atoms with Gasteiger partial charge in [-0.25, -0.2) is 9.89 Å². The lowest BCUT2D eigenvalue weighted by Gasteiger charge is -2.26. The molecule has 2 unspecified atom stereocenters. The maximum Gasteiger partial charge on any atom is 0.258 e. The molecule has 2 heterocycles. The van der Waals surface area contributed by atoms with Crippen LogP contribution in [0.15, 0.2) is 58.5 Å². The van der Waals surface area contributed by atoms with E-state index in [1.807, 2.05) is 24.3 Å². The van der Waals surface area contributed by atoms with Gasteiger partial charge in [-0.05, 0) is 38.1 Å². The van der Waals surface area contributed by atoms with Crippen LogP contribution in [0, 0.1) is 0 Å². The van der Waals surface area contributed by atoms with Crippen LogP contribution < -0.4 is 5.32 Å². The van der Waals surface area contributed by atoms with Gasteiger partial charge in [0.05, 0.1) is 21.6 Å². The zero-order chi connectivity index (χ0) is 19.8. The van der Waals surface area contributed by atoms with Crippen molar-refractivity contribution in [2.24, 2.45) is 9.98 Å². The van der Waals surface area contributed by atoms with Gasteiger partial charge >= 0.3 is 0 Å². The van der Waals surface area contributed by atoms with Crippen molar-refractivity contribution in [2.75, 3.05) is 5.32 Å². The van der Waals surface area contributed by atoms with Crippen molar-refractivity contribution in [1.82, 2.24) is 4.90 Å². The van der Waals surface area contributed by atoms with E-state index < -0.39 is 11.3 Å². The van der Waals surface area contributed by atoms with Crippen LogP contribution in [-0.4, -0.2) is 39.0 Å². The zero-order valence-electron chi connectivity index (χ0n) is 15.2. The van der Waals surface area contributed by atoms with Crippen LogP contribution in [0.4, 0.5) is 11.4 Å². The molecule has 2 aliphatic rings. The van der Waals surface area contributed by atoms with E-state index in [1.165, 1.54) is 16.7 Å². The van der Waals surface area contributed by atoms with Gasteiger partial charge in [0, 0.05) is 5.56 Å². The molecule has 0 bridgehead atoms. The number of benzene rings is 2. The lowest BCUT2D eigenvalue weighted by molar-refractivity contribution is -0.124. The molecule has 0 radical (unpaired) electrons. The number of anilines is 1. The largest absolute Gasteiger partial charge is 0.324 e. The molecule has 0 aliphatic carbocycles. The highest BCUT2D eigenvalue weighted by Gasteiger charge is 2.40. The molecule has 28 heavy (non-hydrogen) atoms. The van der Waals surface area contributed by atoms with E-state index in [0.717, 1.165) is 11.3 Å². The van der Waals surface area contributed by atoms with Crippen LogP contribution in [0.1, 0.15) is 19.4 Å². The summed E-state index contributed by atoms with van der Waals surface area (Å²) >= 11 is 7.33. The highest BCUT2D eigenvalue weighted by atomic mass is 35.5. The second-order valence-corrected chi connectivity index (χ2v) is 8.16. The summed E-state index contributed by atoms with van der Waals surface area (Å²) in [6.07, 6.45) is 0. The number of amidine groups is 2. The Balaban J connectivity index is 1.59. The van der Waals surface area contributed by atoms with Crippen molar-refractivity contribution in [3.63, 3.8) is 0 Å². The van der Waals surface area contributed by atoms with Gasteiger partial charge < -0.3 is 5.32 Å². The van der Waals surface area contributed by atoms with E-state index in [2.05, 4.69) is 15.3 Å². The summed E-state index contributed by atoms with van der Waals surface area (Å²) in [5.74, 6) is 0.219. The second-order valence-electron chi connectivity index (χ2n) is 6.44. The van der Waals surface area contributed by atoms with E-state index in [1.54, 1.807) is 38.1 Å². The number of amides is 2. The zero-order valence-corrected chi connectivity index (χ0v) is 16.8. The second kappa shape index (κ2) is 7.41. The van der Waals surface area contributed by atoms with Crippen molar-refractivity contribution in [2.45, 2.75) is 25.1 Å². The standard InChI is InChI=1S/C20H17ClN4O2S/c1-11-19(27)25-17(22-11)13-7-3-5-9-15(13)24-20(25)28-12(2)18(26)23-16-10-6-4-8-14(16)21/h3-12H,1-2H3,(H,23,26). The maximum atomic E-state index is 12.6. The van der Waals surface area contributed by atoms with Crippen LogP contribution in [0.25, 0.3) is 0 Å². The molecule has 0 aromatic heterocycles. The number of carbonyl (C=O) groups is 2. The van der Waals surface area contributed by atoms with Crippen LogP contribution in [0.5, 0.6) is 0 Å². The molecular weight excluding hydrogens is 396 g/mol. The van der Waals surface area contributed by atoms with Gasteiger partial charge in [-0.15, -0.1) is 0 Å². The number of hydrogen-bond acceptors (Lipinski definition) is 5. The van der Waals surface area contributed by atoms with Crippen LogP contribution in [-0.2, 0) is 9.59 Å². The molecule has 0 spiro atoms. The first-order chi connectivity index (χ1) is 13.5. The van der Waals surface area contributed by atoms with E-state index in [4.69, 9.17) is 11.6 Å². The Morgan fingerprint density at radius 1 is 1.21 bits per heavy atom. The third-order valence-electron chi connectivity index (χ3n) is 4.44. The summed E-state index contributed by atoms with van der Waals surface area (Å²) in [6.45, 7) is 3.52. The van der Waals surface area contributed by atoms with Crippen LogP contribution in [0.2, 0.25) is 5.02 Å². The molecule has 1 N–H and O–H groups in total.